The standard InChI is InChI=1S/C10H18O4/c11-7-3-1-2-6-10(13)14-9-5-4-8-12/h7,12H,1-6,8-9H2. The van der Waals surface area contributed by atoms with Crippen LogP contribution in [-0.4, -0.2) is 30.6 Å². The van der Waals surface area contributed by atoms with E-state index < -0.39 is 0 Å². The van der Waals surface area contributed by atoms with Gasteiger partial charge in [-0.15, -0.1) is 0 Å². The Morgan fingerprint density at radius 2 is 2.00 bits per heavy atom. The van der Waals surface area contributed by atoms with Gasteiger partial charge in [-0.2, -0.15) is 0 Å². The van der Waals surface area contributed by atoms with E-state index in [2.05, 4.69) is 0 Å². The number of unbranched alkanes of at least 4 members (excludes halogenated alkanes) is 3. The molecule has 0 aromatic carbocycles. The van der Waals surface area contributed by atoms with Gasteiger partial charge in [-0.1, -0.05) is 0 Å². The molecule has 0 heterocycles. The van der Waals surface area contributed by atoms with Gasteiger partial charge in [0.15, 0.2) is 0 Å². The Balaban J connectivity index is 3.15. The summed E-state index contributed by atoms with van der Waals surface area (Å²) in [6, 6.07) is 0. The van der Waals surface area contributed by atoms with Crippen LogP contribution < -0.4 is 0 Å². The highest BCUT2D eigenvalue weighted by molar-refractivity contribution is 5.69. The summed E-state index contributed by atoms with van der Waals surface area (Å²) in [6.07, 6.45) is 4.57. The summed E-state index contributed by atoms with van der Waals surface area (Å²) in [7, 11) is 0. The van der Waals surface area contributed by atoms with E-state index in [0.29, 0.717) is 38.7 Å². The van der Waals surface area contributed by atoms with Crippen molar-refractivity contribution in [2.24, 2.45) is 0 Å². The highest BCUT2D eigenvalue weighted by Gasteiger charge is 2.01. The predicted octanol–water partition coefficient (Wildman–Crippen LogP) is 1.06. The van der Waals surface area contributed by atoms with E-state index in [4.69, 9.17) is 9.84 Å². The molecule has 0 unspecified atom stereocenters. The van der Waals surface area contributed by atoms with Gasteiger partial charge in [-0.25, -0.2) is 0 Å². The maximum absolute atomic E-state index is 11.0. The Labute approximate surface area is 84.3 Å². The Morgan fingerprint density at radius 3 is 2.64 bits per heavy atom. The minimum atomic E-state index is -0.214. The van der Waals surface area contributed by atoms with Crippen molar-refractivity contribution in [3.8, 4) is 0 Å². The van der Waals surface area contributed by atoms with Gasteiger partial charge >= 0.3 is 5.97 Å². The maximum atomic E-state index is 11.0. The number of carbonyl (C=O) groups excluding carboxylic acids is 2. The largest absolute Gasteiger partial charge is 0.466 e. The third kappa shape index (κ3) is 9.19. The first-order chi connectivity index (χ1) is 6.81. The zero-order valence-corrected chi connectivity index (χ0v) is 8.41. The molecule has 0 rings (SSSR count). The van der Waals surface area contributed by atoms with E-state index in [0.717, 1.165) is 12.7 Å². The SMILES string of the molecule is O=CCCCCC(=O)OCCCCO. The number of hydrogen-bond acceptors (Lipinski definition) is 4. The van der Waals surface area contributed by atoms with Gasteiger partial charge in [0.1, 0.15) is 6.29 Å². The molecule has 4 nitrogen and oxygen atoms in total. The molecule has 0 bridgehead atoms. The van der Waals surface area contributed by atoms with Crippen LogP contribution in [0.1, 0.15) is 38.5 Å². The normalized spacial score (nSPS) is 9.79. The molecule has 0 aliphatic rings. The predicted molar refractivity (Wildman–Crippen MR) is 51.8 cm³/mol. The summed E-state index contributed by atoms with van der Waals surface area (Å²) >= 11 is 0. The van der Waals surface area contributed by atoms with E-state index in [1.807, 2.05) is 0 Å². The second-order valence-corrected chi connectivity index (χ2v) is 3.06. The number of esters is 1. The van der Waals surface area contributed by atoms with Crippen molar-refractivity contribution in [2.75, 3.05) is 13.2 Å². The molecule has 82 valence electrons. The van der Waals surface area contributed by atoms with Crippen LogP contribution in [0.2, 0.25) is 0 Å². The van der Waals surface area contributed by atoms with Crippen molar-refractivity contribution in [2.45, 2.75) is 38.5 Å². The van der Waals surface area contributed by atoms with Crippen LogP contribution in [0.3, 0.4) is 0 Å². The highest BCUT2D eigenvalue weighted by atomic mass is 16.5. The molecule has 0 amide bonds. The number of carbonyl (C=O) groups is 2. The van der Waals surface area contributed by atoms with Crippen molar-refractivity contribution in [3.63, 3.8) is 0 Å². The number of hydrogen-bond donors (Lipinski definition) is 1. The smallest absolute Gasteiger partial charge is 0.305 e. The van der Waals surface area contributed by atoms with Crippen LogP contribution in [0, 0.1) is 0 Å². The molecular formula is C10H18O4. The molecule has 0 atom stereocenters. The summed E-state index contributed by atoms with van der Waals surface area (Å²) < 4.78 is 4.89. The Bertz CT molecular complexity index is 156. The minimum Gasteiger partial charge on any atom is -0.466 e. The van der Waals surface area contributed by atoms with Crippen molar-refractivity contribution in [1.29, 1.82) is 0 Å². The molecule has 0 radical (unpaired) electrons. The van der Waals surface area contributed by atoms with Crippen LogP contribution in [0.15, 0.2) is 0 Å². The van der Waals surface area contributed by atoms with Crippen LogP contribution in [-0.2, 0) is 14.3 Å². The second-order valence-electron chi connectivity index (χ2n) is 3.06. The highest BCUT2D eigenvalue weighted by Crippen LogP contribution is 2.00. The molecule has 0 aromatic rings. The van der Waals surface area contributed by atoms with Gasteiger partial charge in [-0.3, -0.25) is 4.79 Å². The minimum absolute atomic E-state index is 0.136. The fourth-order valence-electron chi connectivity index (χ4n) is 0.969. The maximum Gasteiger partial charge on any atom is 0.305 e. The average Bonchev–Trinajstić information content (AvgIpc) is 2.19. The van der Waals surface area contributed by atoms with E-state index in [-0.39, 0.29) is 12.6 Å². The molecule has 1 N–H and O–H groups in total. The Kier molecular flexibility index (Phi) is 9.53. The quantitative estimate of drug-likeness (QED) is 0.345. The molecule has 0 spiro atoms. The fraction of sp³-hybridized carbons (Fsp3) is 0.800. The lowest BCUT2D eigenvalue weighted by molar-refractivity contribution is -0.144. The third-order valence-electron chi connectivity index (χ3n) is 1.77. The van der Waals surface area contributed by atoms with Gasteiger partial charge < -0.3 is 14.6 Å². The molecule has 0 aliphatic heterocycles. The summed E-state index contributed by atoms with van der Waals surface area (Å²) in [6.45, 7) is 0.518. The number of aldehydes is 1. The zero-order valence-electron chi connectivity index (χ0n) is 8.41. The Morgan fingerprint density at radius 1 is 1.21 bits per heavy atom. The molecule has 14 heavy (non-hydrogen) atoms. The van der Waals surface area contributed by atoms with E-state index in [1.54, 1.807) is 0 Å². The number of rotatable bonds is 9. The van der Waals surface area contributed by atoms with Crippen LogP contribution in [0.25, 0.3) is 0 Å². The van der Waals surface area contributed by atoms with E-state index in [9.17, 15) is 9.59 Å². The topological polar surface area (TPSA) is 63.6 Å². The van der Waals surface area contributed by atoms with Crippen molar-refractivity contribution < 1.29 is 19.4 Å². The molecule has 0 aliphatic carbocycles. The van der Waals surface area contributed by atoms with Gasteiger partial charge in [0, 0.05) is 19.4 Å². The molecule has 0 aromatic heterocycles. The number of aliphatic hydroxyl groups is 1. The van der Waals surface area contributed by atoms with Crippen LogP contribution >= 0.6 is 0 Å². The number of ether oxygens (including phenoxy) is 1. The monoisotopic (exact) mass is 202 g/mol. The van der Waals surface area contributed by atoms with Crippen molar-refractivity contribution >= 4 is 12.3 Å². The van der Waals surface area contributed by atoms with Crippen LogP contribution in [0.5, 0.6) is 0 Å². The molecular weight excluding hydrogens is 184 g/mol. The second kappa shape index (κ2) is 10.2. The van der Waals surface area contributed by atoms with Crippen molar-refractivity contribution in [3.05, 3.63) is 0 Å². The van der Waals surface area contributed by atoms with Crippen molar-refractivity contribution in [1.82, 2.24) is 0 Å². The molecule has 0 saturated carbocycles. The summed E-state index contributed by atoms with van der Waals surface area (Å²) in [5.41, 5.74) is 0. The summed E-state index contributed by atoms with van der Waals surface area (Å²) in [5, 5.41) is 8.46. The lowest BCUT2D eigenvalue weighted by Gasteiger charge is -2.02. The molecule has 0 saturated heterocycles. The summed E-state index contributed by atoms with van der Waals surface area (Å²) in [4.78, 5) is 20.9. The van der Waals surface area contributed by atoms with Gasteiger partial charge in [0.25, 0.3) is 0 Å². The van der Waals surface area contributed by atoms with Crippen LogP contribution in [0.4, 0.5) is 0 Å². The average molecular weight is 202 g/mol. The van der Waals surface area contributed by atoms with E-state index in [1.165, 1.54) is 0 Å². The zero-order chi connectivity index (χ0) is 10.6. The third-order valence-corrected chi connectivity index (χ3v) is 1.77. The van der Waals surface area contributed by atoms with Gasteiger partial charge in [0.2, 0.25) is 0 Å². The van der Waals surface area contributed by atoms with Gasteiger partial charge in [0.05, 0.1) is 6.61 Å². The van der Waals surface area contributed by atoms with Gasteiger partial charge in [-0.05, 0) is 25.7 Å². The molecule has 0 fully saturated rings. The lowest BCUT2D eigenvalue weighted by Crippen LogP contribution is -2.06. The number of aliphatic hydroxyl groups excluding tert-OH is 1. The first kappa shape index (κ1) is 13.1. The lowest BCUT2D eigenvalue weighted by atomic mass is 10.2. The molecule has 4 heteroatoms. The van der Waals surface area contributed by atoms with E-state index >= 15 is 0 Å². The Hall–Kier alpha value is -0.900. The summed E-state index contributed by atoms with van der Waals surface area (Å²) in [5.74, 6) is -0.214. The first-order valence-electron chi connectivity index (χ1n) is 5.01. The fourth-order valence-corrected chi connectivity index (χ4v) is 0.969. The first-order valence-corrected chi connectivity index (χ1v) is 5.01.